The average molecular weight is 298 g/mol. The van der Waals surface area contributed by atoms with Crippen LogP contribution in [0.25, 0.3) is 0 Å². The largest absolute Gasteiger partial charge is 0.327 e. The first kappa shape index (κ1) is 17.0. The number of piperidine rings is 1. The fourth-order valence-electron chi connectivity index (χ4n) is 2.62. The molecule has 0 aromatic heterocycles. The van der Waals surface area contributed by atoms with Gasteiger partial charge in [0.15, 0.2) is 0 Å². The quantitative estimate of drug-likeness (QED) is 0.923. The smallest absolute Gasteiger partial charge is 0.241 e. The predicted octanol–water partition coefficient (Wildman–Crippen LogP) is 1.88. The molecule has 5 heteroatoms. The lowest BCUT2D eigenvalue weighted by molar-refractivity contribution is -0.120. The number of halogens is 1. The van der Waals surface area contributed by atoms with Crippen molar-refractivity contribution in [1.82, 2.24) is 4.90 Å². The van der Waals surface area contributed by atoms with Crippen LogP contribution in [0, 0.1) is 0 Å². The minimum Gasteiger partial charge on any atom is -0.327 e. The number of amides is 1. The van der Waals surface area contributed by atoms with Crippen LogP contribution in [0.5, 0.6) is 0 Å². The van der Waals surface area contributed by atoms with Crippen LogP contribution in [0.4, 0.5) is 5.69 Å². The third kappa shape index (κ3) is 4.47. The van der Waals surface area contributed by atoms with E-state index in [1.165, 1.54) is 0 Å². The first-order valence-corrected chi connectivity index (χ1v) is 7.04. The Morgan fingerprint density at radius 2 is 2.10 bits per heavy atom. The van der Waals surface area contributed by atoms with Crippen LogP contribution in [0.1, 0.15) is 19.8 Å². The summed E-state index contributed by atoms with van der Waals surface area (Å²) in [5.74, 6) is 0.155. The van der Waals surface area contributed by atoms with Crippen molar-refractivity contribution in [3.8, 4) is 0 Å². The number of carbonyl (C=O) groups excluding carboxylic acids is 1. The molecule has 1 aromatic carbocycles. The lowest BCUT2D eigenvalue weighted by Gasteiger charge is -2.32. The van der Waals surface area contributed by atoms with Gasteiger partial charge >= 0.3 is 0 Å². The maximum Gasteiger partial charge on any atom is 0.241 e. The van der Waals surface area contributed by atoms with Gasteiger partial charge in [-0.1, -0.05) is 18.2 Å². The van der Waals surface area contributed by atoms with Crippen LogP contribution in [-0.4, -0.2) is 43.0 Å². The molecule has 0 spiro atoms. The van der Waals surface area contributed by atoms with Gasteiger partial charge in [0, 0.05) is 24.8 Å². The summed E-state index contributed by atoms with van der Waals surface area (Å²) in [4.78, 5) is 16.4. The van der Waals surface area contributed by atoms with Gasteiger partial charge in [-0.25, -0.2) is 0 Å². The Labute approximate surface area is 127 Å². The first-order valence-electron chi connectivity index (χ1n) is 7.04. The summed E-state index contributed by atoms with van der Waals surface area (Å²) in [7, 11) is 0. The summed E-state index contributed by atoms with van der Waals surface area (Å²) >= 11 is 0. The maximum atomic E-state index is 12.4. The standard InChI is InChI=1S/C15H23N3O.ClH/c1-2-18(14-8-4-3-5-9-14)15(19)12-17-10-6-7-13(16)11-17;/h3-5,8-9,13H,2,6-7,10-12,16H2,1H3;1H. The molecule has 1 atom stereocenters. The van der Waals surface area contributed by atoms with Crippen molar-refractivity contribution in [2.45, 2.75) is 25.8 Å². The fourth-order valence-corrected chi connectivity index (χ4v) is 2.62. The summed E-state index contributed by atoms with van der Waals surface area (Å²) < 4.78 is 0. The Hall–Kier alpha value is -1.10. The number of likely N-dealkylation sites (N-methyl/N-ethyl adjacent to an activating group) is 1. The van der Waals surface area contributed by atoms with E-state index in [9.17, 15) is 4.79 Å². The number of para-hydroxylation sites is 1. The summed E-state index contributed by atoms with van der Waals surface area (Å²) in [5, 5.41) is 0. The fraction of sp³-hybridized carbons (Fsp3) is 0.533. The molecule has 1 aromatic rings. The first-order chi connectivity index (χ1) is 9.20. The van der Waals surface area contributed by atoms with Gasteiger partial charge in [0.2, 0.25) is 5.91 Å². The molecular weight excluding hydrogens is 274 g/mol. The molecule has 0 radical (unpaired) electrons. The van der Waals surface area contributed by atoms with E-state index in [0.29, 0.717) is 13.1 Å². The third-order valence-electron chi connectivity index (χ3n) is 3.59. The van der Waals surface area contributed by atoms with E-state index < -0.39 is 0 Å². The lowest BCUT2D eigenvalue weighted by Crippen LogP contribution is -2.48. The predicted molar refractivity (Wildman–Crippen MR) is 85.4 cm³/mol. The van der Waals surface area contributed by atoms with Crippen molar-refractivity contribution in [3.05, 3.63) is 30.3 Å². The van der Waals surface area contributed by atoms with Crippen LogP contribution < -0.4 is 10.6 Å². The van der Waals surface area contributed by atoms with Crippen molar-refractivity contribution in [1.29, 1.82) is 0 Å². The second-order valence-electron chi connectivity index (χ2n) is 5.11. The van der Waals surface area contributed by atoms with E-state index in [2.05, 4.69) is 4.90 Å². The number of nitrogens with two attached hydrogens (primary N) is 1. The molecule has 1 aliphatic rings. The summed E-state index contributed by atoms with van der Waals surface area (Å²) in [6.45, 7) is 4.98. The molecule has 0 saturated carbocycles. The highest BCUT2D eigenvalue weighted by molar-refractivity contribution is 5.94. The highest BCUT2D eigenvalue weighted by Crippen LogP contribution is 2.14. The lowest BCUT2D eigenvalue weighted by atomic mass is 10.1. The second kappa shape index (κ2) is 8.25. The molecule has 1 unspecified atom stereocenters. The number of rotatable bonds is 4. The van der Waals surface area contributed by atoms with Crippen LogP contribution in [0.15, 0.2) is 30.3 Å². The van der Waals surface area contributed by atoms with Gasteiger partial charge < -0.3 is 10.6 Å². The Morgan fingerprint density at radius 1 is 1.40 bits per heavy atom. The van der Waals surface area contributed by atoms with Gasteiger partial charge in [0.05, 0.1) is 6.54 Å². The van der Waals surface area contributed by atoms with E-state index in [-0.39, 0.29) is 24.4 Å². The minimum absolute atomic E-state index is 0. The molecule has 1 amide bonds. The van der Waals surface area contributed by atoms with Crippen molar-refractivity contribution in [2.24, 2.45) is 5.73 Å². The van der Waals surface area contributed by atoms with Crippen molar-refractivity contribution in [2.75, 3.05) is 31.1 Å². The summed E-state index contributed by atoms with van der Waals surface area (Å²) in [6, 6.07) is 10.1. The highest BCUT2D eigenvalue weighted by atomic mass is 35.5. The molecule has 112 valence electrons. The second-order valence-corrected chi connectivity index (χ2v) is 5.11. The SMILES string of the molecule is CCN(C(=O)CN1CCCC(N)C1)c1ccccc1.Cl. The molecular formula is C15H24ClN3O. The zero-order valence-electron chi connectivity index (χ0n) is 12.0. The van der Waals surface area contributed by atoms with Crippen molar-refractivity contribution >= 4 is 24.0 Å². The maximum absolute atomic E-state index is 12.4. The van der Waals surface area contributed by atoms with Gasteiger partial charge in [0.1, 0.15) is 0 Å². The van der Waals surface area contributed by atoms with Crippen LogP contribution in [-0.2, 0) is 4.79 Å². The Bertz CT molecular complexity index is 413. The van der Waals surface area contributed by atoms with Gasteiger partial charge in [-0.2, -0.15) is 0 Å². The number of carbonyl (C=O) groups is 1. The molecule has 0 aliphatic carbocycles. The zero-order chi connectivity index (χ0) is 13.7. The number of nitrogens with zero attached hydrogens (tertiary/aromatic N) is 2. The Morgan fingerprint density at radius 3 is 2.70 bits per heavy atom. The Balaban J connectivity index is 0.00000200. The average Bonchev–Trinajstić information content (AvgIpc) is 2.41. The molecule has 2 N–H and O–H groups in total. The van der Waals surface area contributed by atoms with Gasteiger partial charge in [-0.15, -0.1) is 12.4 Å². The van der Waals surface area contributed by atoms with E-state index in [4.69, 9.17) is 5.73 Å². The van der Waals surface area contributed by atoms with Crippen LogP contribution in [0.2, 0.25) is 0 Å². The van der Waals surface area contributed by atoms with Gasteiger partial charge in [0.25, 0.3) is 0 Å². The number of benzene rings is 1. The van der Waals surface area contributed by atoms with E-state index >= 15 is 0 Å². The zero-order valence-corrected chi connectivity index (χ0v) is 12.8. The van der Waals surface area contributed by atoms with Crippen LogP contribution in [0.3, 0.4) is 0 Å². The molecule has 2 rings (SSSR count). The summed E-state index contributed by atoms with van der Waals surface area (Å²) in [5.41, 5.74) is 6.92. The topological polar surface area (TPSA) is 49.6 Å². The third-order valence-corrected chi connectivity index (χ3v) is 3.59. The molecule has 4 nitrogen and oxygen atoms in total. The monoisotopic (exact) mass is 297 g/mol. The van der Waals surface area contributed by atoms with Crippen LogP contribution >= 0.6 is 12.4 Å². The van der Waals surface area contributed by atoms with E-state index in [0.717, 1.165) is 31.6 Å². The number of hydrogen-bond acceptors (Lipinski definition) is 3. The molecule has 1 fully saturated rings. The normalized spacial score (nSPS) is 19.2. The minimum atomic E-state index is 0. The Kier molecular flexibility index (Phi) is 6.99. The van der Waals surface area contributed by atoms with E-state index in [1.54, 1.807) is 0 Å². The number of hydrogen-bond donors (Lipinski definition) is 1. The van der Waals surface area contributed by atoms with Crippen molar-refractivity contribution < 1.29 is 4.79 Å². The number of likely N-dealkylation sites (tertiary alicyclic amines) is 1. The van der Waals surface area contributed by atoms with E-state index in [1.807, 2.05) is 42.2 Å². The molecule has 1 aliphatic heterocycles. The molecule has 1 saturated heterocycles. The molecule has 20 heavy (non-hydrogen) atoms. The molecule has 0 bridgehead atoms. The summed E-state index contributed by atoms with van der Waals surface area (Å²) in [6.07, 6.45) is 2.16. The number of anilines is 1. The highest BCUT2D eigenvalue weighted by Gasteiger charge is 2.21. The van der Waals surface area contributed by atoms with Gasteiger partial charge in [-0.05, 0) is 38.4 Å². The van der Waals surface area contributed by atoms with Gasteiger partial charge in [-0.3, -0.25) is 9.69 Å². The molecule has 1 heterocycles. The van der Waals surface area contributed by atoms with Crippen molar-refractivity contribution in [3.63, 3.8) is 0 Å².